The van der Waals surface area contributed by atoms with E-state index in [9.17, 15) is 5.26 Å². The zero-order valence-electron chi connectivity index (χ0n) is 12.5. The zero-order valence-corrected chi connectivity index (χ0v) is 12.5. The Balaban J connectivity index is 1.67. The van der Waals surface area contributed by atoms with E-state index in [0.29, 0.717) is 18.8 Å². The summed E-state index contributed by atoms with van der Waals surface area (Å²) in [6, 6.07) is 15.4. The minimum atomic E-state index is 0.320. The predicted octanol–water partition coefficient (Wildman–Crippen LogP) is 2.68. The summed E-state index contributed by atoms with van der Waals surface area (Å²) < 4.78 is 7.41. The summed E-state index contributed by atoms with van der Waals surface area (Å²) in [5, 5.41) is 17.2. The highest BCUT2D eigenvalue weighted by Crippen LogP contribution is 2.21. The van der Waals surface area contributed by atoms with Gasteiger partial charge in [0.15, 0.2) is 5.69 Å². The summed E-state index contributed by atoms with van der Waals surface area (Å²) in [6.07, 6.45) is 4.14. The third-order valence-electron chi connectivity index (χ3n) is 3.32. The molecule has 1 aromatic carbocycles. The molecule has 0 unspecified atom stereocenters. The number of nitriles is 1. The van der Waals surface area contributed by atoms with E-state index in [-0.39, 0.29) is 0 Å². The Morgan fingerprint density at radius 1 is 1.09 bits per heavy atom. The molecule has 0 fully saturated rings. The van der Waals surface area contributed by atoms with Crippen LogP contribution in [0.1, 0.15) is 12.1 Å². The highest BCUT2D eigenvalue weighted by Gasteiger charge is 2.14. The summed E-state index contributed by atoms with van der Waals surface area (Å²) in [5.74, 6) is 0.846. The monoisotopic (exact) mass is 305 g/mol. The number of aryl methyl sites for hydroxylation is 1. The average Bonchev–Trinajstić information content (AvgIpc) is 3.03. The average molecular weight is 305 g/mol. The third kappa shape index (κ3) is 3.52. The number of para-hydroxylation sites is 1. The molecule has 2 aromatic heterocycles. The second-order valence-electron chi connectivity index (χ2n) is 4.87. The van der Waals surface area contributed by atoms with Crippen molar-refractivity contribution in [2.75, 3.05) is 6.61 Å². The van der Waals surface area contributed by atoms with Gasteiger partial charge in [-0.15, -0.1) is 5.10 Å². The largest absolute Gasteiger partial charge is 0.494 e. The van der Waals surface area contributed by atoms with Crippen LogP contribution in [-0.4, -0.2) is 26.6 Å². The summed E-state index contributed by atoms with van der Waals surface area (Å²) in [6.45, 7) is 1.20. The lowest BCUT2D eigenvalue weighted by Crippen LogP contribution is -2.07. The molecule has 0 saturated carbocycles. The molecule has 114 valence electrons. The third-order valence-corrected chi connectivity index (χ3v) is 3.32. The Hall–Kier alpha value is -3.20. The predicted molar refractivity (Wildman–Crippen MR) is 84.5 cm³/mol. The number of benzene rings is 1. The molecule has 6 heteroatoms. The fourth-order valence-electron chi connectivity index (χ4n) is 2.26. The highest BCUT2D eigenvalue weighted by molar-refractivity contribution is 5.64. The molecule has 0 aliphatic carbocycles. The van der Waals surface area contributed by atoms with E-state index < -0.39 is 0 Å². The normalized spacial score (nSPS) is 10.2. The van der Waals surface area contributed by atoms with E-state index in [1.165, 1.54) is 0 Å². The Morgan fingerprint density at radius 3 is 2.61 bits per heavy atom. The van der Waals surface area contributed by atoms with Gasteiger partial charge < -0.3 is 4.74 Å². The zero-order chi connectivity index (χ0) is 15.9. The second kappa shape index (κ2) is 7.18. The van der Waals surface area contributed by atoms with Crippen molar-refractivity contribution in [1.82, 2.24) is 20.0 Å². The summed E-state index contributed by atoms with van der Waals surface area (Å²) >= 11 is 0. The molecule has 6 nitrogen and oxygen atoms in total. The van der Waals surface area contributed by atoms with Crippen LogP contribution in [0, 0.1) is 11.3 Å². The number of aromatic nitrogens is 4. The SMILES string of the molecule is N#Cc1nnn(CCCOc2ccccc2)c1-c1ccncc1. The first-order valence-corrected chi connectivity index (χ1v) is 7.30. The molecule has 0 radical (unpaired) electrons. The number of hydrogen-bond donors (Lipinski definition) is 0. The highest BCUT2D eigenvalue weighted by atomic mass is 16.5. The first-order valence-electron chi connectivity index (χ1n) is 7.30. The van der Waals surface area contributed by atoms with Gasteiger partial charge in [0, 0.05) is 30.9 Å². The molecule has 0 bridgehead atoms. The lowest BCUT2D eigenvalue weighted by Gasteiger charge is -2.08. The maximum Gasteiger partial charge on any atom is 0.190 e. The summed E-state index contributed by atoms with van der Waals surface area (Å²) in [7, 11) is 0. The Kier molecular flexibility index (Phi) is 4.60. The van der Waals surface area contributed by atoms with Crippen molar-refractivity contribution in [3.63, 3.8) is 0 Å². The van der Waals surface area contributed by atoms with Crippen molar-refractivity contribution in [3.8, 4) is 23.1 Å². The maximum absolute atomic E-state index is 9.21. The van der Waals surface area contributed by atoms with Crippen LogP contribution in [0.25, 0.3) is 11.3 Å². The molecule has 3 aromatic rings. The number of nitrogens with zero attached hydrogens (tertiary/aromatic N) is 5. The van der Waals surface area contributed by atoms with Crippen molar-refractivity contribution >= 4 is 0 Å². The molecule has 23 heavy (non-hydrogen) atoms. The number of pyridine rings is 1. The van der Waals surface area contributed by atoms with Gasteiger partial charge in [0.2, 0.25) is 0 Å². The van der Waals surface area contributed by atoms with Gasteiger partial charge in [-0.05, 0) is 24.3 Å². The van der Waals surface area contributed by atoms with Gasteiger partial charge in [-0.2, -0.15) is 5.26 Å². The Bertz CT molecular complexity index is 793. The number of ether oxygens (including phenoxy) is 1. The molecule has 3 rings (SSSR count). The lowest BCUT2D eigenvalue weighted by molar-refractivity contribution is 0.298. The van der Waals surface area contributed by atoms with E-state index in [0.717, 1.165) is 23.4 Å². The topological polar surface area (TPSA) is 76.6 Å². The quantitative estimate of drug-likeness (QED) is 0.654. The first kappa shape index (κ1) is 14.7. The smallest absolute Gasteiger partial charge is 0.190 e. The second-order valence-corrected chi connectivity index (χ2v) is 4.87. The van der Waals surface area contributed by atoms with Crippen LogP contribution in [0.3, 0.4) is 0 Å². The first-order chi connectivity index (χ1) is 11.4. The van der Waals surface area contributed by atoms with Crippen LogP contribution < -0.4 is 4.74 Å². The standard InChI is InChI=1S/C17H15N5O/c18-13-16-17(14-7-9-19-10-8-14)22(21-20-16)11-4-12-23-15-5-2-1-3-6-15/h1-3,5-10H,4,11-12H2. The van der Waals surface area contributed by atoms with Crippen LogP contribution in [0.2, 0.25) is 0 Å². The van der Waals surface area contributed by atoms with Gasteiger partial charge in [-0.25, -0.2) is 4.68 Å². The Morgan fingerprint density at radius 2 is 1.87 bits per heavy atom. The van der Waals surface area contributed by atoms with E-state index in [2.05, 4.69) is 21.4 Å². The van der Waals surface area contributed by atoms with Gasteiger partial charge in [0.05, 0.1) is 6.61 Å². The molecule has 0 saturated heterocycles. The van der Waals surface area contributed by atoms with E-state index in [1.807, 2.05) is 42.5 Å². The van der Waals surface area contributed by atoms with Crippen molar-refractivity contribution in [3.05, 3.63) is 60.6 Å². The van der Waals surface area contributed by atoms with Gasteiger partial charge in [0.1, 0.15) is 17.5 Å². The van der Waals surface area contributed by atoms with Crippen LogP contribution >= 0.6 is 0 Å². The molecular weight excluding hydrogens is 290 g/mol. The minimum Gasteiger partial charge on any atom is -0.494 e. The van der Waals surface area contributed by atoms with Crippen LogP contribution in [0.15, 0.2) is 54.9 Å². The van der Waals surface area contributed by atoms with Gasteiger partial charge in [0.25, 0.3) is 0 Å². The van der Waals surface area contributed by atoms with E-state index >= 15 is 0 Å². The van der Waals surface area contributed by atoms with Gasteiger partial charge in [-0.1, -0.05) is 23.4 Å². The molecule has 0 atom stereocenters. The van der Waals surface area contributed by atoms with E-state index in [1.54, 1.807) is 17.1 Å². The fraction of sp³-hybridized carbons (Fsp3) is 0.176. The molecular formula is C17H15N5O. The molecule has 2 heterocycles. The van der Waals surface area contributed by atoms with Crippen LogP contribution in [-0.2, 0) is 6.54 Å². The molecule has 0 N–H and O–H groups in total. The maximum atomic E-state index is 9.21. The molecule has 0 amide bonds. The number of hydrogen-bond acceptors (Lipinski definition) is 5. The van der Waals surface area contributed by atoms with Crippen molar-refractivity contribution < 1.29 is 4.74 Å². The van der Waals surface area contributed by atoms with Crippen molar-refractivity contribution in [1.29, 1.82) is 5.26 Å². The molecule has 0 aliphatic heterocycles. The minimum absolute atomic E-state index is 0.320. The fourth-order valence-corrected chi connectivity index (χ4v) is 2.26. The lowest BCUT2D eigenvalue weighted by atomic mass is 10.1. The molecule has 0 spiro atoms. The number of rotatable bonds is 6. The van der Waals surface area contributed by atoms with Gasteiger partial charge in [-0.3, -0.25) is 4.98 Å². The summed E-state index contributed by atoms with van der Waals surface area (Å²) in [4.78, 5) is 4.00. The molecule has 0 aliphatic rings. The van der Waals surface area contributed by atoms with Crippen LogP contribution in [0.4, 0.5) is 0 Å². The van der Waals surface area contributed by atoms with Crippen molar-refractivity contribution in [2.45, 2.75) is 13.0 Å². The van der Waals surface area contributed by atoms with Gasteiger partial charge >= 0.3 is 0 Å². The Labute approximate surface area is 134 Å². The summed E-state index contributed by atoms with van der Waals surface area (Å²) in [5.41, 5.74) is 1.92. The van der Waals surface area contributed by atoms with Crippen LogP contribution in [0.5, 0.6) is 5.75 Å². The van der Waals surface area contributed by atoms with Crippen molar-refractivity contribution in [2.24, 2.45) is 0 Å². The van der Waals surface area contributed by atoms with E-state index in [4.69, 9.17) is 4.74 Å².